The van der Waals surface area contributed by atoms with Crippen molar-refractivity contribution in [3.05, 3.63) is 71.1 Å². The molecule has 0 saturated heterocycles. The van der Waals surface area contributed by atoms with Crippen LogP contribution in [0.25, 0.3) is 5.65 Å². The Hall–Kier alpha value is -3.40. The van der Waals surface area contributed by atoms with Crippen LogP contribution in [0, 0.1) is 5.82 Å². The molecule has 3 aromatic heterocycles. The number of aryl methyl sites for hydroxylation is 1. The number of hydrogen-bond donors (Lipinski definition) is 3. The lowest BCUT2D eigenvalue weighted by atomic mass is 10.1. The van der Waals surface area contributed by atoms with Gasteiger partial charge in [-0.05, 0) is 42.8 Å². The number of aromatic amines is 1. The van der Waals surface area contributed by atoms with E-state index in [0.717, 1.165) is 36.4 Å². The van der Waals surface area contributed by atoms with E-state index in [0.29, 0.717) is 11.5 Å². The van der Waals surface area contributed by atoms with E-state index in [2.05, 4.69) is 25.5 Å². The van der Waals surface area contributed by atoms with Gasteiger partial charge in [0.2, 0.25) is 11.8 Å². The lowest BCUT2D eigenvalue weighted by molar-refractivity contribution is 0.0330. The van der Waals surface area contributed by atoms with Gasteiger partial charge in [0, 0.05) is 29.6 Å². The van der Waals surface area contributed by atoms with Gasteiger partial charge in [-0.15, -0.1) is 0 Å². The molecule has 7 nitrogen and oxygen atoms in total. The molecule has 10 heteroatoms. The molecule has 0 saturated carbocycles. The summed E-state index contributed by atoms with van der Waals surface area (Å²) in [5, 5.41) is 9.92. The van der Waals surface area contributed by atoms with Gasteiger partial charge in [-0.2, -0.15) is 18.9 Å². The molecule has 1 aromatic carbocycles. The number of halogens is 3. The molecular formula is C19H18F3N7. The van der Waals surface area contributed by atoms with E-state index in [9.17, 15) is 4.39 Å². The number of aromatic nitrogens is 5. The minimum absolute atomic E-state index is 0.103. The second-order valence-corrected chi connectivity index (χ2v) is 6.43. The Morgan fingerprint density at radius 1 is 1.14 bits per heavy atom. The molecule has 0 amide bonds. The molecule has 0 aliphatic carbocycles. The number of anilines is 2. The van der Waals surface area contributed by atoms with E-state index in [-0.39, 0.29) is 18.1 Å². The molecule has 4 N–H and O–H groups in total. The zero-order valence-electron chi connectivity index (χ0n) is 15.5. The molecule has 0 atom stereocenters. The summed E-state index contributed by atoms with van der Waals surface area (Å²) in [6.07, 6.45) is 0.735. The largest absolute Gasteiger partial charge is 0.331 e. The van der Waals surface area contributed by atoms with Gasteiger partial charge < -0.3 is 11.1 Å². The fourth-order valence-corrected chi connectivity index (χ4v) is 2.98. The topological polar surface area (TPSA) is 96.9 Å². The normalized spacial score (nSPS) is 11.9. The number of alkyl halides is 2. The monoisotopic (exact) mass is 401 g/mol. The number of hydrogen-bond acceptors (Lipinski definition) is 5. The van der Waals surface area contributed by atoms with E-state index in [1.807, 2.05) is 6.92 Å². The first-order valence-corrected chi connectivity index (χ1v) is 8.96. The van der Waals surface area contributed by atoms with Crippen molar-refractivity contribution in [1.29, 1.82) is 0 Å². The van der Waals surface area contributed by atoms with Crippen LogP contribution in [0.5, 0.6) is 0 Å². The fourth-order valence-electron chi connectivity index (χ4n) is 2.98. The van der Waals surface area contributed by atoms with E-state index in [1.165, 1.54) is 0 Å². The van der Waals surface area contributed by atoms with Crippen LogP contribution in [-0.4, -0.2) is 24.6 Å². The highest BCUT2D eigenvalue weighted by atomic mass is 19.3. The third-order valence-corrected chi connectivity index (χ3v) is 4.53. The first kappa shape index (κ1) is 18.9. The van der Waals surface area contributed by atoms with Crippen molar-refractivity contribution in [2.24, 2.45) is 5.73 Å². The molecule has 3 heterocycles. The van der Waals surface area contributed by atoms with E-state index in [1.54, 1.807) is 22.6 Å². The van der Waals surface area contributed by atoms with Crippen LogP contribution in [0.15, 0.2) is 42.5 Å². The Morgan fingerprint density at radius 3 is 2.55 bits per heavy atom. The van der Waals surface area contributed by atoms with E-state index in [4.69, 9.17) is 5.73 Å². The molecule has 0 bridgehead atoms. The van der Waals surface area contributed by atoms with Crippen LogP contribution in [0.1, 0.15) is 29.7 Å². The number of nitrogens with one attached hydrogen (secondary N) is 2. The van der Waals surface area contributed by atoms with Gasteiger partial charge in [-0.3, -0.25) is 9.50 Å². The molecule has 4 aromatic rings. The highest BCUT2D eigenvalue weighted by molar-refractivity contribution is 5.56. The summed E-state index contributed by atoms with van der Waals surface area (Å²) in [5.74, 6) is -4.32. The standard InChI is InChI=1S/C19H18F3N7/c1-2-13-9-15(28-27-13)24-18-26-17(25-16-8-7-14(10-23)29(16)18)19(21,22)11-3-5-12(20)6-4-11/h3-9H,2,10,23H2,1H3,(H2,24,25,26,27,28). The molecule has 0 unspecified atom stereocenters. The number of benzene rings is 1. The Morgan fingerprint density at radius 2 is 1.90 bits per heavy atom. The summed E-state index contributed by atoms with van der Waals surface area (Å²) in [6, 6.07) is 9.01. The number of rotatable bonds is 6. The van der Waals surface area contributed by atoms with Gasteiger partial charge in [0.05, 0.1) is 0 Å². The number of nitrogens with zero attached hydrogens (tertiary/aromatic N) is 4. The van der Waals surface area contributed by atoms with Gasteiger partial charge in [-0.25, -0.2) is 9.37 Å². The van der Waals surface area contributed by atoms with Crippen molar-refractivity contribution in [1.82, 2.24) is 24.6 Å². The SMILES string of the molecule is CCc1cc(Nc2nc(C(F)(F)c3ccc(F)cc3)nc3ccc(CN)n23)n[nH]1. The van der Waals surface area contributed by atoms with Crippen LogP contribution >= 0.6 is 0 Å². The lowest BCUT2D eigenvalue weighted by Gasteiger charge is -2.17. The quantitative estimate of drug-likeness (QED) is 0.460. The predicted molar refractivity (Wildman–Crippen MR) is 102 cm³/mol. The molecule has 0 radical (unpaired) electrons. The van der Waals surface area contributed by atoms with Crippen molar-refractivity contribution in [2.75, 3.05) is 5.32 Å². The zero-order chi connectivity index (χ0) is 20.6. The van der Waals surface area contributed by atoms with Crippen LogP contribution in [0.3, 0.4) is 0 Å². The predicted octanol–water partition coefficient (Wildman–Crippen LogP) is 3.50. The Labute approximate surface area is 163 Å². The maximum Gasteiger partial charge on any atom is 0.331 e. The van der Waals surface area contributed by atoms with E-state index >= 15 is 8.78 Å². The maximum atomic E-state index is 15.1. The Kier molecular flexibility index (Phi) is 4.71. The molecule has 0 spiro atoms. The highest BCUT2D eigenvalue weighted by Gasteiger charge is 2.38. The minimum Gasteiger partial charge on any atom is -0.325 e. The van der Waals surface area contributed by atoms with Crippen molar-refractivity contribution in [3.8, 4) is 0 Å². The number of fused-ring (bicyclic) bond motifs is 1. The second kappa shape index (κ2) is 7.21. The molecule has 150 valence electrons. The summed E-state index contributed by atoms with van der Waals surface area (Å²) in [6.45, 7) is 2.13. The second-order valence-electron chi connectivity index (χ2n) is 6.43. The summed E-state index contributed by atoms with van der Waals surface area (Å²) in [7, 11) is 0. The molecule has 0 aliphatic heterocycles. The third-order valence-electron chi connectivity index (χ3n) is 4.53. The van der Waals surface area contributed by atoms with Gasteiger partial charge >= 0.3 is 5.92 Å². The average Bonchev–Trinajstić information content (AvgIpc) is 3.34. The van der Waals surface area contributed by atoms with Gasteiger partial charge in [-0.1, -0.05) is 6.92 Å². The van der Waals surface area contributed by atoms with Crippen LogP contribution in [0.4, 0.5) is 24.9 Å². The Balaban J connectivity index is 1.84. The fraction of sp³-hybridized carbons (Fsp3) is 0.211. The van der Waals surface area contributed by atoms with Crippen molar-refractivity contribution >= 4 is 17.4 Å². The first-order chi connectivity index (χ1) is 13.9. The molecule has 0 fully saturated rings. The first-order valence-electron chi connectivity index (χ1n) is 8.96. The number of nitrogens with two attached hydrogens (primary N) is 1. The average molecular weight is 401 g/mol. The zero-order valence-corrected chi connectivity index (χ0v) is 15.5. The van der Waals surface area contributed by atoms with Crippen LogP contribution < -0.4 is 11.1 Å². The van der Waals surface area contributed by atoms with Crippen LogP contribution in [-0.2, 0) is 18.9 Å². The molecular weight excluding hydrogens is 383 g/mol. The third kappa shape index (κ3) is 3.42. The number of H-pyrrole nitrogens is 1. The van der Waals surface area contributed by atoms with Gasteiger partial charge in [0.15, 0.2) is 5.82 Å². The maximum absolute atomic E-state index is 15.1. The summed E-state index contributed by atoms with van der Waals surface area (Å²) >= 11 is 0. The van der Waals surface area contributed by atoms with Crippen molar-refractivity contribution in [3.63, 3.8) is 0 Å². The van der Waals surface area contributed by atoms with E-state index < -0.39 is 23.1 Å². The summed E-state index contributed by atoms with van der Waals surface area (Å²) in [5.41, 5.74) is 7.13. The molecule has 29 heavy (non-hydrogen) atoms. The van der Waals surface area contributed by atoms with Gasteiger partial charge in [0.1, 0.15) is 11.5 Å². The summed E-state index contributed by atoms with van der Waals surface area (Å²) < 4.78 is 44.9. The Bertz CT molecular complexity index is 1150. The van der Waals surface area contributed by atoms with Crippen LogP contribution in [0.2, 0.25) is 0 Å². The molecule has 0 aliphatic rings. The summed E-state index contributed by atoms with van der Waals surface area (Å²) in [4.78, 5) is 8.09. The minimum atomic E-state index is -3.53. The van der Waals surface area contributed by atoms with Crippen molar-refractivity contribution in [2.45, 2.75) is 25.8 Å². The van der Waals surface area contributed by atoms with Crippen molar-refractivity contribution < 1.29 is 13.2 Å². The van der Waals surface area contributed by atoms with Gasteiger partial charge in [0.25, 0.3) is 0 Å². The molecule has 4 rings (SSSR count). The lowest BCUT2D eigenvalue weighted by Crippen LogP contribution is -2.21. The highest BCUT2D eigenvalue weighted by Crippen LogP contribution is 2.35. The smallest absolute Gasteiger partial charge is 0.325 e.